The lowest BCUT2D eigenvalue weighted by Crippen LogP contribution is -1.99. The van der Waals surface area contributed by atoms with Crippen LogP contribution in [0.15, 0.2) is 76.2 Å². The first-order valence-corrected chi connectivity index (χ1v) is 9.05. The standard InChI is InChI=1S/C21H17BrClNO/c1-15-6-9-19(10-7-15)24-13-17-12-18(22)8-11-21(17)25-14-16-4-2-3-5-20(16)23/h2-13H,14H2,1H3. The van der Waals surface area contributed by atoms with Crippen LogP contribution in [-0.2, 0) is 6.61 Å². The van der Waals surface area contributed by atoms with Crippen molar-refractivity contribution in [2.24, 2.45) is 4.99 Å². The van der Waals surface area contributed by atoms with Crippen LogP contribution in [0.2, 0.25) is 5.02 Å². The molecule has 0 fully saturated rings. The van der Waals surface area contributed by atoms with Gasteiger partial charge in [0.1, 0.15) is 12.4 Å². The van der Waals surface area contributed by atoms with Crippen LogP contribution in [0.4, 0.5) is 5.69 Å². The first kappa shape index (κ1) is 17.7. The van der Waals surface area contributed by atoms with Crippen molar-refractivity contribution in [3.63, 3.8) is 0 Å². The monoisotopic (exact) mass is 413 g/mol. The van der Waals surface area contributed by atoms with Crippen LogP contribution >= 0.6 is 27.5 Å². The van der Waals surface area contributed by atoms with Gasteiger partial charge in [-0.25, -0.2) is 0 Å². The molecule has 0 saturated carbocycles. The first-order valence-electron chi connectivity index (χ1n) is 7.88. The zero-order valence-corrected chi connectivity index (χ0v) is 16.1. The van der Waals surface area contributed by atoms with E-state index >= 15 is 0 Å². The van der Waals surface area contributed by atoms with E-state index in [0.717, 1.165) is 27.0 Å². The largest absolute Gasteiger partial charge is 0.488 e. The van der Waals surface area contributed by atoms with E-state index < -0.39 is 0 Å². The molecule has 0 aliphatic heterocycles. The van der Waals surface area contributed by atoms with Gasteiger partial charge < -0.3 is 4.74 Å². The van der Waals surface area contributed by atoms with Gasteiger partial charge in [-0.1, -0.05) is 63.4 Å². The Morgan fingerprint density at radius 3 is 2.56 bits per heavy atom. The van der Waals surface area contributed by atoms with Gasteiger partial charge in [0.05, 0.1) is 5.69 Å². The van der Waals surface area contributed by atoms with Crippen molar-refractivity contribution in [2.75, 3.05) is 0 Å². The molecule has 0 aromatic heterocycles. The van der Waals surface area contributed by atoms with Crippen molar-refractivity contribution >= 4 is 39.4 Å². The van der Waals surface area contributed by atoms with Crippen LogP contribution in [0.1, 0.15) is 16.7 Å². The maximum atomic E-state index is 6.20. The second-order valence-electron chi connectivity index (χ2n) is 5.66. The molecule has 0 N–H and O–H groups in total. The van der Waals surface area contributed by atoms with Gasteiger partial charge in [0, 0.05) is 26.8 Å². The van der Waals surface area contributed by atoms with Crippen molar-refractivity contribution in [3.8, 4) is 5.75 Å². The molecule has 3 aromatic carbocycles. The maximum Gasteiger partial charge on any atom is 0.128 e. The Morgan fingerprint density at radius 2 is 1.80 bits per heavy atom. The van der Waals surface area contributed by atoms with Gasteiger partial charge in [-0.15, -0.1) is 0 Å². The van der Waals surface area contributed by atoms with Gasteiger partial charge in [-0.05, 0) is 43.3 Å². The van der Waals surface area contributed by atoms with Gasteiger partial charge in [0.25, 0.3) is 0 Å². The summed E-state index contributed by atoms with van der Waals surface area (Å²) in [5.74, 6) is 0.763. The van der Waals surface area contributed by atoms with Gasteiger partial charge in [0.2, 0.25) is 0 Å². The lowest BCUT2D eigenvalue weighted by atomic mass is 10.2. The number of halogens is 2. The van der Waals surface area contributed by atoms with Crippen molar-refractivity contribution < 1.29 is 4.74 Å². The van der Waals surface area contributed by atoms with E-state index in [0.29, 0.717) is 11.6 Å². The second kappa shape index (κ2) is 8.32. The SMILES string of the molecule is Cc1ccc(N=Cc2cc(Br)ccc2OCc2ccccc2Cl)cc1. The molecule has 0 amide bonds. The minimum absolute atomic E-state index is 0.409. The van der Waals surface area contributed by atoms with E-state index in [1.165, 1.54) is 5.56 Å². The summed E-state index contributed by atoms with van der Waals surface area (Å²) in [6, 6.07) is 21.6. The molecule has 3 aromatic rings. The van der Waals surface area contributed by atoms with Crippen LogP contribution in [0.25, 0.3) is 0 Å². The van der Waals surface area contributed by atoms with E-state index in [2.05, 4.69) is 27.8 Å². The molecule has 0 bridgehead atoms. The Balaban J connectivity index is 1.80. The van der Waals surface area contributed by atoms with Crippen molar-refractivity contribution in [1.82, 2.24) is 0 Å². The predicted octanol–water partition coefficient (Wildman–Crippen LogP) is 6.74. The summed E-state index contributed by atoms with van der Waals surface area (Å²) in [5, 5.41) is 0.703. The number of aliphatic imine (C=N–C) groups is 1. The van der Waals surface area contributed by atoms with Crippen molar-refractivity contribution in [1.29, 1.82) is 0 Å². The molecule has 0 aliphatic carbocycles. The van der Waals surface area contributed by atoms with Gasteiger partial charge in [-0.2, -0.15) is 0 Å². The minimum Gasteiger partial charge on any atom is -0.488 e. The Bertz CT molecular complexity index is 891. The van der Waals surface area contributed by atoms with E-state index in [9.17, 15) is 0 Å². The quantitative estimate of drug-likeness (QED) is 0.424. The molecular formula is C21H17BrClNO. The third kappa shape index (κ3) is 4.94. The van der Waals surface area contributed by atoms with Crippen LogP contribution in [0.3, 0.4) is 0 Å². The summed E-state index contributed by atoms with van der Waals surface area (Å²) >= 11 is 9.70. The highest BCUT2D eigenvalue weighted by Gasteiger charge is 2.05. The average Bonchev–Trinajstić information content (AvgIpc) is 2.62. The third-order valence-corrected chi connectivity index (χ3v) is 4.56. The minimum atomic E-state index is 0.409. The lowest BCUT2D eigenvalue weighted by molar-refractivity contribution is 0.306. The summed E-state index contributed by atoms with van der Waals surface area (Å²) in [5.41, 5.74) is 3.98. The number of hydrogen-bond acceptors (Lipinski definition) is 2. The summed E-state index contributed by atoms with van der Waals surface area (Å²) in [7, 11) is 0. The normalized spacial score (nSPS) is 11.0. The average molecular weight is 415 g/mol. The van der Waals surface area contributed by atoms with Crippen LogP contribution < -0.4 is 4.74 Å². The van der Waals surface area contributed by atoms with Crippen LogP contribution in [0, 0.1) is 6.92 Å². The van der Waals surface area contributed by atoms with Gasteiger partial charge in [-0.3, -0.25) is 4.99 Å². The number of aryl methyl sites for hydroxylation is 1. The number of ether oxygens (including phenoxy) is 1. The van der Waals surface area contributed by atoms with E-state index in [1.54, 1.807) is 0 Å². The van der Waals surface area contributed by atoms with Gasteiger partial charge in [0.15, 0.2) is 0 Å². The van der Waals surface area contributed by atoms with Gasteiger partial charge >= 0.3 is 0 Å². The van der Waals surface area contributed by atoms with Crippen molar-refractivity contribution in [2.45, 2.75) is 13.5 Å². The predicted molar refractivity (Wildman–Crippen MR) is 108 cm³/mol. The Labute approximate surface area is 161 Å². The number of rotatable bonds is 5. The Kier molecular flexibility index (Phi) is 5.90. The third-order valence-electron chi connectivity index (χ3n) is 3.70. The highest BCUT2D eigenvalue weighted by Crippen LogP contribution is 2.25. The van der Waals surface area contributed by atoms with E-state index in [1.807, 2.05) is 72.9 Å². The molecule has 0 saturated heterocycles. The van der Waals surface area contributed by atoms with Crippen LogP contribution in [0.5, 0.6) is 5.75 Å². The highest BCUT2D eigenvalue weighted by atomic mass is 79.9. The first-order chi connectivity index (χ1) is 12.1. The molecule has 0 spiro atoms. The Morgan fingerprint density at radius 1 is 1.04 bits per heavy atom. The molecule has 0 aliphatic rings. The summed E-state index contributed by atoms with van der Waals surface area (Å²) in [4.78, 5) is 4.54. The molecule has 0 atom stereocenters. The number of hydrogen-bond donors (Lipinski definition) is 0. The second-order valence-corrected chi connectivity index (χ2v) is 6.98. The molecule has 0 unspecified atom stereocenters. The maximum absolute atomic E-state index is 6.20. The van der Waals surface area contributed by atoms with E-state index in [-0.39, 0.29) is 0 Å². The summed E-state index contributed by atoms with van der Waals surface area (Å²) < 4.78 is 6.94. The molecule has 126 valence electrons. The number of benzene rings is 3. The smallest absolute Gasteiger partial charge is 0.128 e. The fraction of sp³-hybridized carbons (Fsp3) is 0.0952. The lowest BCUT2D eigenvalue weighted by Gasteiger charge is -2.10. The van der Waals surface area contributed by atoms with Crippen molar-refractivity contribution in [3.05, 3.63) is 92.9 Å². The fourth-order valence-corrected chi connectivity index (χ4v) is 2.87. The van der Waals surface area contributed by atoms with E-state index in [4.69, 9.17) is 16.3 Å². The zero-order valence-electron chi connectivity index (χ0n) is 13.7. The molecule has 4 heteroatoms. The van der Waals surface area contributed by atoms with Crippen LogP contribution in [-0.4, -0.2) is 6.21 Å². The summed E-state index contributed by atoms with van der Waals surface area (Å²) in [6.07, 6.45) is 1.82. The topological polar surface area (TPSA) is 21.6 Å². The molecule has 25 heavy (non-hydrogen) atoms. The molecule has 2 nitrogen and oxygen atoms in total. The molecular weight excluding hydrogens is 398 g/mol. The molecule has 0 heterocycles. The molecule has 0 radical (unpaired) electrons. The summed E-state index contributed by atoms with van der Waals surface area (Å²) in [6.45, 7) is 2.47. The Hall–Kier alpha value is -2.10. The zero-order chi connectivity index (χ0) is 17.6. The highest BCUT2D eigenvalue weighted by molar-refractivity contribution is 9.10. The molecule has 3 rings (SSSR count). The fourth-order valence-electron chi connectivity index (χ4n) is 2.30. The number of nitrogens with zero attached hydrogens (tertiary/aromatic N) is 1.